The van der Waals surface area contributed by atoms with Crippen molar-refractivity contribution in [3.63, 3.8) is 0 Å². The van der Waals surface area contributed by atoms with Gasteiger partial charge in [0.15, 0.2) is 0 Å². The van der Waals surface area contributed by atoms with Crippen LogP contribution in [0, 0.1) is 0 Å². The minimum Gasteiger partial charge on any atom is -0.390 e. The van der Waals surface area contributed by atoms with Gasteiger partial charge in [-0.15, -0.1) is 0 Å². The molecule has 1 aromatic heterocycles. The standard InChI is InChI=1S/C6H10N4O/c1-6(2-3-6)8-5-10-9-4(7)11-5/h2-3H2,1H3,(H2,7,9)(H,8,10). The second kappa shape index (κ2) is 1.87. The Bertz CT molecular complexity index is 265. The first-order chi connectivity index (χ1) is 5.18. The van der Waals surface area contributed by atoms with Crippen LogP contribution >= 0.6 is 0 Å². The fourth-order valence-corrected chi connectivity index (χ4v) is 0.856. The highest BCUT2D eigenvalue weighted by Gasteiger charge is 2.38. The molecule has 0 amide bonds. The number of anilines is 2. The summed E-state index contributed by atoms with van der Waals surface area (Å²) >= 11 is 0. The summed E-state index contributed by atoms with van der Waals surface area (Å²) in [5, 5.41) is 10.3. The molecule has 0 atom stereocenters. The monoisotopic (exact) mass is 154 g/mol. The molecule has 0 aromatic carbocycles. The molecule has 1 saturated carbocycles. The van der Waals surface area contributed by atoms with Crippen molar-refractivity contribution in [3.8, 4) is 0 Å². The minimum absolute atomic E-state index is 0.108. The van der Waals surface area contributed by atoms with Crippen LogP contribution in [0.3, 0.4) is 0 Å². The molecule has 0 bridgehead atoms. The summed E-state index contributed by atoms with van der Waals surface area (Å²) in [7, 11) is 0. The summed E-state index contributed by atoms with van der Waals surface area (Å²) in [6.45, 7) is 2.10. The lowest BCUT2D eigenvalue weighted by Crippen LogP contribution is -2.15. The van der Waals surface area contributed by atoms with Crippen LogP contribution < -0.4 is 11.1 Å². The molecule has 60 valence electrons. The first kappa shape index (κ1) is 6.45. The van der Waals surface area contributed by atoms with Gasteiger partial charge in [0.2, 0.25) is 0 Å². The second-order valence-electron chi connectivity index (χ2n) is 3.13. The zero-order valence-corrected chi connectivity index (χ0v) is 6.29. The highest BCUT2D eigenvalue weighted by Crippen LogP contribution is 2.37. The van der Waals surface area contributed by atoms with Crippen LogP contribution in [0.4, 0.5) is 12.0 Å². The highest BCUT2D eigenvalue weighted by atomic mass is 16.4. The second-order valence-corrected chi connectivity index (χ2v) is 3.13. The number of nitrogen functional groups attached to an aromatic ring is 1. The summed E-state index contributed by atoms with van der Waals surface area (Å²) in [5.41, 5.74) is 5.40. The Kier molecular flexibility index (Phi) is 1.10. The van der Waals surface area contributed by atoms with Crippen molar-refractivity contribution in [2.24, 2.45) is 0 Å². The number of rotatable bonds is 2. The Labute approximate surface area is 64.0 Å². The Morgan fingerprint density at radius 1 is 1.55 bits per heavy atom. The Hall–Kier alpha value is -1.26. The number of hydrogen-bond donors (Lipinski definition) is 2. The number of hydrogen-bond acceptors (Lipinski definition) is 5. The number of aromatic nitrogens is 2. The molecule has 1 aliphatic carbocycles. The van der Waals surface area contributed by atoms with E-state index in [2.05, 4.69) is 22.4 Å². The van der Waals surface area contributed by atoms with Crippen molar-refractivity contribution in [1.29, 1.82) is 0 Å². The van der Waals surface area contributed by atoms with Gasteiger partial charge >= 0.3 is 12.0 Å². The van der Waals surface area contributed by atoms with Gasteiger partial charge in [0, 0.05) is 5.54 Å². The van der Waals surface area contributed by atoms with Gasteiger partial charge in [-0.05, 0) is 19.8 Å². The van der Waals surface area contributed by atoms with Gasteiger partial charge in [0.25, 0.3) is 0 Å². The van der Waals surface area contributed by atoms with Crippen LogP contribution in [-0.2, 0) is 0 Å². The molecular weight excluding hydrogens is 144 g/mol. The molecule has 1 fully saturated rings. The van der Waals surface area contributed by atoms with E-state index in [-0.39, 0.29) is 11.6 Å². The summed E-state index contributed by atoms with van der Waals surface area (Å²) < 4.78 is 4.94. The molecule has 0 aliphatic heterocycles. The lowest BCUT2D eigenvalue weighted by Gasteiger charge is -2.06. The smallest absolute Gasteiger partial charge is 0.317 e. The van der Waals surface area contributed by atoms with Gasteiger partial charge in [-0.25, -0.2) is 0 Å². The summed E-state index contributed by atoms with van der Waals surface area (Å²) in [6, 6.07) is 0.527. The molecule has 0 unspecified atom stereocenters. The molecule has 2 rings (SSSR count). The summed E-state index contributed by atoms with van der Waals surface area (Å²) in [4.78, 5) is 0. The van der Waals surface area contributed by atoms with Crippen molar-refractivity contribution < 1.29 is 4.42 Å². The fraction of sp³-hybridized carbons (Fsp3) is 0.667. The Balaban J connectivity index is 2.06. The zero-order valence-electron chi connectivity index (χ0n) is 6.29. The van der Waals surface area contributed by atoms with Crippen molar-refractivity contribution in [2.75, 3.05) is 11.1 Å². The van der Waals surface area contributed by atoms with Gasteiger partial charge in [-0.3, -0.25) is 0 Å². The van der Waals surface area contributed by atoms with Crippen molar-refractivity contribution >= 4 is 12.0 Å². The SMILES string of the molecule is CC1(Nc2nnc(N)o2)CC1. The number of nitrogens with one attached hydrogen (secondary N) is 1. The van der Waals surface area contributed by atoms with E-state index in [9.17, 15) is 0 Å². The van der Waals surface area contributed by atoms with Crippen LogP contribution in [-0.4, -0.2) is 15.7 Å². The lowest BCUT2D eigenvalue weighted by molar-refractivity contribution is 0.574. The molecule has 1 heterocycles. The van der Waals surface area contributed by atoms with Crippen LogP contribution in [0.15, 0.2) is 4.42 Å². The molecule has 1 aliphatic rings. The van der Waals surface area contributed by atoms with Crippen LogP contribution in [0.25, 0.3) is 0 Å². The molecule has 0 radical (unpaired) electrons. The predicted octanol–water partition coefficient (Wildman–Crippen LogP) is 0.616. The Morgan fingerprint density at radius 2 is 2.27 bits per heavy atom. The van der Waals surface area contributed by atoms with E-state index < -0.39 is 0 Å². The molecule has 3 N–H and O–H groups in total. The third kappa shape index (κ3) is 1.26. The normalized spacial score (nSPS) is 19.7. The van der Waals surface area contributed by atoms with Crippen molar-refractivity contribution in [1.82, 2.24) is 10.2 Å². The van der Waals surface area contributed by atoms with Gasteiger partial charge in [-0.1, -0.05) is 10.2 Å². The summed E-state index contributed by atoms with van der Waals surface area (Å²) in [6.07, 6.45) is 2.30. The van der Waals surface area contributed by atoms with Crippen molar-refractivity contribution in [3.05, 3.63) is 0 Å². The van der Waals surface area contributed by atoms with Crippen molar-refractivity contribution in [2.45, 2.75) is 25.3 Å². The van der Waals surface area contributed by atoms with Crippen LogP contribution in [0.5, 0.6) is 0 Å². The first-order valence-corrected chi connectivity index (χ1v) is 3.55. The van der Waals surface area contributed by atoms with Gasteiger partial charge in [-0.2, -0.15) is 0 Å². The Morgan fingerprint density at radius 3 is 2.73 bits per heavy atom. The van der Waals surface area contributed by atoms with E-state index in [0.717, 1.165) is 12.8 Å². The zero-order chi connectivity index (χ0) is 7.90. The quantitative estimate of drug-likeness (QED) is 0.652. The van der Waals surface area contributed by atoms with E-state index in [4.69, 9.17) is 10.2 Å². The molecule has 11 heavy (non-hydrogen) atoms. The van der Waals surface area contributed by atoms with E-state index in [1.54, 1.807) is 0 Å². The van der Waals surface area contributed by atoms with Gasteiger partial charge in [0.05, 0.1) is 0 Å². The maximum Gasteiger partial charge on any atom is 0.317 e. The van der Waals surface area contributed by atoms with E-state index in [1.807, 2.05) is 0 Å². The largest absolute Gasteiger partial charge is 0.390 e. The fourth-order valence-electron chi connectivity index (χ4n) is 0.856. The predicted molar refractivity (Wildman–Crippen MR) is 40.0 cm³/mol. The van der Waals surface area contributed by atoms with Crippen LogP contribution in [0.1, 0.15) is 19.8 Å². The van der Waals surface area contributed by atoms with Gasteiger partial charge in [0.1, 0.15) is 0 Å². The topological polar surface area (TPSA) is 77.0 Å². The maximum atomic E-state index is 5.24. The van der Waals surface area contributed by atoms with E-state index in [0.29, 0.717) is 6.01 Å². The minimum atomic E-state index is 0.108. The third-order valence-corrected chi connectivity index (χ3v) is 1.85. The number of nitrogens with zero attached hydrogens (tertiary/aromatic N) is 2. The first-order valence-electron chi connectivity index (χ1n) is 3.55. The molecule has 0 saturated heterocycles. The number of nitrogens with two attached hydrogens (primary N) is 1. The van der Waals surface area contributed by atoms with Gasteiger partial charge < -0.3 is 15.5 Å². The molecule has 1 aromatic rings. The molecule has 5 nitrogen and oxygen atoms in total. The third-order valence-electron chi connectivity index (χ3n) is 1.85. The average molecular weight is 154 g/mol. The molecule has 0 spiro atoms. The maximum absolute atomic E-state index is 5.24. The van der Waals surface area contributed by atoms with Crippen LogP contribution in [0.2, 0.25) is 0 Å². The average Bonchev–Trinajstić information content (AvgIpc) is 2.49. The molecular formula is C6H10N4O. The highest BCUT2D eigenvalue weighted by molar-refractivity contribution is 5.30. The van der Waals surface area contributed by atoms with E-state index >= 15 is 0 Å². The molecule has 5 heteroatoms. The lowest BCUT2D eigenvalue weighted by atomic mass is 10.3. The van der Waals surface area contributed by atoms with E-state index in [1.165, 1.54) is 0 Å². The summed E-state index contributed by atoms with van der Waals surface area (Å²) in [5.74, 6) is 0.